The van der Waals surface area contributed by atoms with Gasteiger partial charge in [-0.2, -0.15) is 0 Å². The third-order valence-corrected chi connectivity index (χ3v) is 4.54. The van der Waals surface area contributed by atoms with Gasteiger partial charge in [-0.1, -0.05) is 6.08 Å². The fourth-order valence-electron chi connectivity index (χ4n) is 1.06. The summed E-state index contributed by atoms with van der Waals surface area (Å²) in [6.07, 6.45) is 1.77. The molecule has 0 radical (unpaired) electrons. The molecule has 0 aromatic carbocycles. The molecule has 1 fully saturated rings. The fraction of sp³-hybridized carbons (Fsp3) is 0.700. The van der Waals surface area contributed by atoms with Gasteiger partial charge in [0.05, 0.1) is 0 Å². The van der Waals surface area contributed by atoms with E-state index in [1.807, 2.05) is 30.4 Å². The molecule has 0 saturated carbocycles. The standard InChI is InChI=1S/C10H17NO2S2/c1-3-9(2)10(12)13-5-4-11-6-14-8-15-7-11/h3H,4-8H2,1-2H3. The number of ether oxygens (including phenoxy) is 1. The highest BCUT2D eigenvalue weighted by molar-refractivity contribution is 8.16. The molecule has 15 heavy (non-hydrogen) atoms. The van der Waals surface area contributed by atoms with E-state index in [1.165, 1.54) is 5.08 Å². The highest BCUT2D eigenvalue weighted by Gasteiger charge is 2.11. The van der Waals surface area contributed by atoms with E-state index in [2.05, 4.69) is 4.90 Å². The lowest BCUT2D eigenvalue weighted by Crippen LogP contribution is -2.30. The minimum absolute atomic E-state index is 0.199. The van der Waals surface area contributed by atoms with Crippen molar-refractivity contribution in [3.63, 3.8) is 0 Å². The Morgan fingerprint density at radius 1 is 1.47 bits per heavy atom. The molecule has 0 atom stereocenters. The van der Waals surface area contributed by atoms with Crippen LogP contribution >= 0.6 is 23.5 Å². The molecule has 0 aromatic heterocycles. The average Bonchev–Trinajstić information content (AvgIpc) is 2.29. The molecule has 1 aliphatic rings. The number of carbonyl (C=O) groups excluding carboxylic acids is 1. The second kappa shape index (κ2) is 7.19. The van der Waals surface area contributed by atoms with Crippen LogP contribution in [-0.4, -0.2) is 40.9 Å². The third-order valence-electron chi connectivity index (χ3n) is 2.11. The van der Waals surface area contributed by atoms with Crippen molar-refractivity contribution in [2.24, 2.45) is 0 Å². The van der Waals surface area contributed by atoms with E-state index in [1.54, 1.807) is 13.0 Å². The quantitative estimate of drug-likeness (QED) is 0.561. The van der Waals surface area contributed by atoms with Crippen molar-refractivity contribution < 1.29 is 9.53 Å². The van der Waals surface area contributed by atoms with Crippen LogP contribution in [-0.2, 0) is 9.53 Å². The number of allylic oxidation sites excluding steroid dienone is 1. The van der Waals surface area contributed by atoms with Crippen molar-refractivity contribution >= 4 is 29.5 Å². The van der Waals surface area contributed by atoms with Gasteiger partial charge in [0.25, 0.3) is 0 Å². The largest absolute Gasteiger partial charge is 0.461 e. The third kappa shape index (κ3) is 4.95. The molecular weight excluding hydrogens is 230 g/mol. The maximum atomic E-state index is 11.3. The van der Waals surface area contributed by atoms with E-state index in [0.29, 0.717) is 12.2 Å². The molecular formula is C10H17NO2S2. The molecule has 1 aliphatic heterocycles. The summed E-state index contributed by atoms with van der Waals surface area (Å²) in [4.78, 5) is 13.6. The van der Waals surface area contributed by atoms with Crippen molar-refractivity contribution in [1.29, 1.82) is 0 Å². The first-order valence-corrected chi connectivity index (χ1v) is 7.23. The SMILES string of the molecule is CC=C(C)C(=O)OCCN1CSCSC1. The van der Waals surface area contributed by atoms with Crippen LogP contribution in [0, 0.1) is 0 Å². The summed E-state index contributed by atoms with van der Waals surface area (Å²) in [6, 6.07) is 0. The number of hydrogen-bond acceptors (Lipinski definition) is 5. The molecule has 0 bridgehead atoms. The van der Waals surface area contributed by atoms with Crippen LogP contribution in [0.5, 0.6) is 0 Å². The summed E-state index contributed by atoms with van der Waals surface area (Å²) in [5, 5.41) is 1.17. The molecule has 0 N–H and O–H groups in total. The predicted octanol–water partition coefficient (Wildman–Crippen LogP) is 2.15. The predicted molar refractivity (Wildman–Crippen MR) is 66.9 cm³/mol. The van der Waals surface area contributed by atoms with Gasteiger partial charge in [0, 0.05) is 29.0 Å². The van der Waals surface area contributed by atoms with Gasteiger partial charge in [0.15, 0.2) is 0 Å². The van der Waals surface area contributed by atoms with Crippen molar-refractivity contribution in [2.75, 3.05) is 30.0 Å². The van der Waals surface area contributed by atoms with E-state index in [9.17, 15) is 4.79 Å². The fourth-order valence-corrected chi connectivity index (χ4v) is 3.20. The number of hydrogen-bond donors (Lipinski definition) is 0. The maximum Gasteiger partial charge on any atom is 0.333 e. The molecule has 5 heteroatoms. The minimum Gasteiger partial charge on any atom is -0.461 e. The highest BCUT2D eigenvalue weighted by atomic mass is 32.2. The van der Waals surface area contributed by atoms with Crippen LogP contribution in [0.1, 0.15) is 13.8 Å². The summed E-state index contributed by atoms with van der Waals surface area (Å²) in [5.41, 5.74) is 0.678. The Labute approximate surface area is 99.6 Å². The summed E-state index contributed by atoms with van der Waals surface area (Å²) < 4.78 is 5.13. The van der Waals surface area contributed by atoms with Crippen molar-refractivity contribution in [1.82, 2.24) is 4.90 Å². The molecule has 1 saturated heterocycles. The van der Waals surface area contributed by atoms with Crippen molar-refractivity contribution in [3.05, 3.63) is 11.6 Å². The Hall–Kier alpha value is -0.130. The second-order valence-electron chi connectivity index (χ2n) is 3.29. The van der Waals surface area contributed by atoms with E-state index in [0.717, 1.165) is 18.3 Å². The first-order valence-electron chi connectivity index (χ1n) is 4.92. The molecule has 1 rings (SSSR count). The van der Waals surface area contributed by atoms with E-state index >= 15 is 0 Å². The van der Waals surface area contributed by atoms with Gasteiger partial charge in [-0.05, 0) is 13.8 Å². The lowest BCUT2D eigenvalue weighted by molar-refractivity contribution is -0.139. The van der Waals surface area contributed by atoms with Gasteiger partial charge < -0.3 is 4.74 Å². The molecule has 86 valence electrons. The summed E-state index contributed by atoms with van der Waals surface area (Å²) >= 11 is 3.82. The zero-order chi connectivity index (χ0) is 11.1. The zero-order valence-corrected chi connectivity index (χ0v) is 10.8. The number of esters is 1. The van der Waals surface area contributed by atoms with E-state index in [-0.39, 0.29) is 5.97 Å². The smallest absolute Gasteiger partial charge is 0.333 e. The molecule has 0 unspecified atom stereocenters. The Morgan fingerprint density at radius 2 is 2.13 bits per heavy atom. The highest BCUT2D eigenvalue weighted by Crippen LogP contribution is 2.20. The van der Waals surface area contributed by atoms with Gasteiger partial charge in [-0.15, -0.1) is 23.5 Å². The summed E-state index contributed by atoms with van der Waals surface area (Å²) in [6.45, 7) is 4.94. The van der Waals surface area contributed by atoms with Gasteiger partial charge in [-0.3, -0.25) is 4.90 Å². The van der Waals surface area contributed by atoms with Gasteiger partial charge >= 0.3 is 5.97 Å². The number of thioether (sulfide) groups is 2. The topological polar surface area (TPSA) is 29.5 Å². The normalized spacial score (nSPS) is 18.9. The van der Waals surface area contributed by atoms with E-state index < -0.39 is 0 Å². The van der Waals surface area contributed by atoms with Crippen LogP contribution in [0.4, 0.5) is 0 Å². The van der Waals surface area contributed by atoms with Crippen LogP contribution in [0.25, 0.3) is 0 Å². The van der Waals surface area contributed by atoms with Crippen molar-refractivity contribution in [3.8, 4) is 0 Å². The van der Waals surface area contributed by atoms with Gasteiger partial charge in [0.1, 0.15) is 6.61 Å². The summed E-state index contributed by atoms with van der Waals surface area (Å²) in [7, 11) is 0. The molecule has 0 aliphatic carbocycles. The van der Waals surface area contributed by atoms with E-state index in [4.69, 9.17) is 4.74 Å². The second-order valence-corrected chi connectivity index (χ2v) is 5.56. The first kappa shape index (κ1) is 12.9. The molecule has 1 heterocycles. The Balaban J connectivity index is 2.12. The number of rotatable bonds is 4. The van der Waals surface area contributed by atoms with Crippen molar-refractivity contribution in [2.45, 2.75) is 13.8 Å². The Morgan fingerprint density at radius 3 is 2.73 bits per heavy atom. The van der Waals surface area contributed by atoms with Crippen LogP contribution < -0.4 is 0 Å². The average molecular weight is 247 g/mol. The zero-order valence-electron chi connectivity index (χ0n) is 9.19. The molecule has 0 aromatic rings. The molecule has 3 nitrogen and oxygen atoms in total. The molecule has 0 spiro atoms. The molecule has 0 amide bonds. The first-order chi connectivity index (χ1) is 7.24. The van der Waals surface area contributed by atoms with Crippen LogP contribution in [0.15, 0.2) is 11.6 Å². The maximum absolute atomic E-state index is 11.3. The van der Waals surface area contributed by atoms with Crippen LogP contribution in [0.2, 0.25) is 0 Å². The number of nitrogens with zero attached hydrogens (tertiary/aromatic N) is 1. The Kier molecular flexibility index (Phi) is 6.20. The number of carbonyl (C=O) groups is 1. The van der Waals surface area contributed by atoms with Crippen LogP contribution in [0.3, 0.4) is 0 Å². The Bertz CT molecular complexity index is 238. The monoisotopic (exact) mass is 247 g/mol. The van der Waals surface area contributed by atoms with Gasteiger partial charge in [-0.25, -0.2) is 4.79 Å². The minimum atomic E-state index is -0.199. The summed E-state index contributed by atoms with van der Waals surface area (Å²) in [5.74, 6) is 1.90. The lowest BCUT2D eigenvalue weighted by atomic mass is 10.3. The lowest BCUT2D eigenvalue weighted by Gasteiger charge is -2.25. The van der Waals surface area contributed by atoms with Gasteiger partial charge in [0.2, 0.25) is 0 Å².